The molecule has 1 aromatic rings. The van der Waals surface area contributed by atoms with E-state index in [0.717, 1.165) is 0 Å². The molecule has 0 aromatic heterocycles. The maximum Gasteiger partial charge on any atom is 0.243 e. The van der Waals surface area contributed by atoms with Crippen LogP contribution in [0.2, 0.25) is 0 Å². The number of benzene rings is 1. The lowest BCUT2D eigenvalue weighted by atomic mass is 10.2. The van der Waals surface area contributed by atoms with Crippen molar-refractivity contribution < 1.29 is 8.42 Å². The van der Waals surface area contributed by atoms with E-state index in [1.807, 2.05) is 6.07 Å². The predicted octanol–water partition coefficient (Wildman–Crippen LogP) is 0.461. The van der Waals surface area contributed by atoms with Gasteiger partial charge in [0.05, 0.1) is 16.5 Å². The number of hydrogen-bond donors (Lipinski definition) is 1. The summed E-state index contributed by atoms with van der Waals surface area (Å²) in [5.41, 5.74) is 1.10. The Balaban J connectivity index is 2.38. The SMILES string of the molecule is Cc1cc(C#N)ccc1S(=O)(=O)N1CCNCC1. The second-order valence-corrected chi connectivity index (χ2v) is 6.15. The molecule has 0 aliphatic carbocycles. The van der Waals surface area contributed by atoms with Gasteiger partial charge in [0, 0.05) is 26.2 Å². The highest BCUT2D eigenvalue weighted by molar-refractivity contribution is 7.89. The van der Waals surface area contributed by atoms with E-state index in [1.165, 1.54) is 10.4 Å². The first-order valence-electron chi connectivity index (χ1n) is 5.77. The Labute approximate surface area is 107 Å². The van der Waals surface area contributed by atoms with Gasteiger partial charge < -0.3 is 5.32 Å². The van der Waals surface area contributed by atoms with Crippen LogP contribution in [0.25, 0.3) is 0 Å². The molecule has 1 N–H and O–H groups in total. The van der Waals surface area contributed by atoms with E-state index < -0.39 is 10.0 Å². The lowest BCUT2D eigenvalue weighted by Crippen LogP contribution is -2.46. The van der Waals surface area contributed by atoms with Crippen LogP contribution >= 0.6 is 0 Å². The minimum absolute atomic E-state index is 0.295. The van der Waals surface area contributed by atoms with E-state index in [1.54, 1.807) is 19.1 Å². The van der Waals surface area contributed by atoms with Gasteiger partial charge in [0.2, 0.25) is 10.0 Å². The summed E-state index contributed by atoms with van der Waals surface area (Å²) in [6.07, 6.45) is 0. The minimum Gasteiger partial charge on any atom is -0.314 e. The number of aryl methyl sites for hydroxylation is 1. The van der Waals surface area contributed by atoms with Crippen molar-refractivity contribution in [3.63, 3.8) is 0 Å². The molecule has 0 atom stereocenters. The number of rotatable bonds is 2. The summed E-state index contributed by atoms with van der Waals surface area (Å²) in [6, 6.07) is 6.68. The zero-order valence-corrected chi connectivity index (χ0v) is 11.0. The molecule has 2 rings (SSSR count). The Morgan fingerprint density at radius 3 is 2.56 bits per heavy atom. The molecule has 0 saturated carbocycles. The standard InChI is InChI=1S/C12H15N3O2S/c1-10-8-11(9-13)2-3-12(10)18(16,17)15-6-4-14-5-7-15/h2-3,8,14H,4-7H2,1H3. The molecule has 96 valence electrons. The zero-order chi connectivity index (χ0) is 13.2. The van der Waals surface area contributed by atoms with Crippen LogP contribution in [0, 0.1) is 18.3 Å². The largest absolute Gasteiger partial charge is 0.314 e. The summed E-state index contributed by atoms with van der Waals surface area (Å²) in [5.74, 6) is 0. The fraction of sp³-hybridized carbons (Fsp3) is 0.417. The van der Waals surface area contributed by atoms with Gasteiger partial charge in [-0.05, 0) is 30.7 Å². The first-order valence-corrected chi connectivity index (χ1v) is 7.21. The van der Waals surface area contributed by atoms with E-state index in [-0.39, 0.29) is 0 Å². The van der Waals surface area contributed by atoms with Gasteiger partial charge in [-0.3, -0.25) is 0 Å². The lowest BCUT2D eigenvalue weighted by Gasteiger charge is -2.27. The first kappa shape index (κ1) is 13.0. The summed E-state index contributed by atoms with van der Waals surface area (Å²) in [6.45, 7) is 4.04. The third-order valence-electron chi connectivity index (χ3n) is 3.00. The van der Waals surface area contributed by atoms with Crippen LogP contribution in [0.15, 0.2) is 23.1 Å². The summed E-state index contributed by atoms with van der Waals surface area (Å²) >= 11 is 0. The van der Waals surface area contributed by atoms with Gasteiger partial charge in [-0.1, -0.05) is 0 Å². The van der Waals surface area contributed by atoms with Gasteiger partial charge in [-0.25, -0.2) is 8.42 Å². The van der Waals surface area contributed by atoms with Crippen LogP contribution in [-0.2, 0) is 10.0 Å². The molecular formula is C12H15N3O2S. The fourth-order valence-electron chi connectivity index (χ4n) is 2.03. The maximum atomic E-state index is 12.4. The van der Waals surface area contributed by atoms with Crippen LogP contribution in [0.3, 0.4) is 0 Å². The zero-order valence-electron chi connectivity index (χ0n) is 10.2. The van der Waals surface area contributed by atoms with Crippen molar-refractivity contribution in [2.45, 2.75) is 11.8 Å². The van der Waals surface area contributed by atoms with Crippen molar-refractivity contribution in [1.29, 1.82) is 5.26 Å². The number of sulfonamides is 1. The molecule has 1 aromatic carbocycles. The average Bonchev–Trinajstić information content (AvgIpc) is 2.39. The highest BCUT2D eigenvalue weighted by atomic mass is 32.2. The highest BCUT2D eigenvalue weighted by Gasteiger charge is 2.27. The van der Waals surface area contributed by atoms with E-state index in [2.05, 4.69) is 5.32 Å². The smallest absolute Gasteiger partial charge is 0.243 e. The van der Waals surface area contributed by atoms with Crippen molar-refractivity contribution in [1.82, 2.24) is 9.62 Å². The van der Waals surface area contributed by atoms with Crippen LogP contribution < -0.4 is 5.32 Å². The molecule has 5 nitrogen and oxygen atoms in total. The summed E-state index contributed by atoms with van der Waals surface area (Å²) in [5, 5.41) is 11.9. The van der Waals surface area contributed by atoms with Gasteiger partial charge in [0.1, 0.15) is 0 Å². The molecule has 6 heteroatoms. The molecule has 0 radical (unpaired) electrons. The van der Waals surface area contributed by atoms with E-state index in [0.29, 0.717) is 42.2 Å². The monoisotopic (exact) mass is 265 g/mol. The molecule has 0 amide bonds. The Hall–Kier alpha value is -1.42. The van der Waals surface area contributed by atoms with E-state index in [9.17, 15) is 8.42 Å². The third-order valence-corrected chi connectivity index (χ3v) is 5.06. The second-order valence-electron chi connectivity index (χ2n) is 4.25. The molecule has 0 spiro atoms. The molecule has 18 heavy (non-hydrogen) atoms. The Morgan fingerprint density at radius 2 is 2.00 bits per heavy atom. The van der Waals surface area contributed by atoms with Crippen molar-refractivity contribution in [2.75, 3.05) is 26.2 Å². The number of hydrogen-bond acceptors (Lipinski definition) is 4. The summed E-state index contributed by atoms with van der Waals surface area (Å²) in [7, 11) is -3.43. The van der Waals surface area contributed by atoms with Gasteiger partial charge >= 0.3 is 0 Å². The lowest BCUT2D eigenvalue weighted by molar-refractivity contribution is 0.360. The van der Waals surface area contributed by atoms with E-state index in [4.69, 9.17) is 5.26 Å². The Bertz CT molecular complexity index is 584. The Morgan fingerprint density at radius 1 is 1.33 bits per heavy atom. The van der Waals surface area contributed by atoms with Crippen molar-refractivity contribution in [2.24, 2.45) is 0 Å². The van der Waals surface area contributed by atoms with Gasteiger partial charge in [0.25, 0.3) is 0 Å². The predicted molar refractivity (Wildman–Crippen MR) is 67.5 cm³/mol. The average molecular weight is 265 g/mol. The Kier molecular flexibility index (Phi) is 3.66. The third kappa shape index (κ3) is 2.38. The molecule has 1 aliphatic heterocycles. The first-order chi connectivity index (χ1) is 8.55. The van der Waals surface area contributed by atoms with Gasteiger partial charge in [-0.15, -0.1) is 0 Å². The van der Waals surface area contributed by atoms with Gasteiger partial charge in [0.15, 0.2) is 0 Å². The second kappa shape index (κ2) is 5.06. The minimum atomic E-state index is -3.43. The van der Waals surface area contributed by atoms with Crippen LogP contribution in [-0.4, -0.2) is 38.9 Å². The van der Waals surface area contributed by atoms with Crippen molar-refractivity contribution in [3.05, 3.63) is 29.3 Å². The van der Waals surface area contributed by atoms with Crippen LogP contribution in [0.5, 0.6) is 0 Å². The topological polar surface area (TPSA) is 73.2 Å². The van der Waals surface area contributed by atoms with Crippen molar-refractivity contribution >= 4 is 10.0 Å². The highest BCUT2D eigenvalue weighted by Crippen LogP contribution is 2.21. The van der Waals surface area contributed by atoms with Crippen LogP contribution in [0.4, 0.5) is 0 Å². The molecule has 0 bridgehead atoms. The number of piperazine rings is 1. The molecule has 1 fully saturated rings. The fourth-order valence-corrected chi connectivity index (χ4v) is 3.68. The summed E-state index contributed by atoms with van der Waals surface area (Å²) < 4.78 is 26.3. The van der Waals surface area contributed by atoms with E-state index >= 15 is 0 Å². The molecular weight excluding hydrogens is 250 g/mol. The molecule has 1 aliphatic rings. The molecule has 0 unspecified atom stereocenters. The van der Waals surface area contributed by atoms with Gasteiger partial charge in [-0.2, -0.15) is 9.57 Å². The number of nitrogens with one attached hydrogen (secondary N) is 1. The van der Waals surface area contributed by atoms with Crippen LogP contribution in [0.1, 0.15) is 11.1 Å². The molecule has 1 saturated heterocycles. The number of nitrogens with zero attached hydrogens (tertiary/aromatic N) is 2. The normalized spacial score (nSPS) is 17.3. The van der Waals surface area contributed by atoms with Crippen molar-refractivity contribution in [3.8, 4) is 6.07 Å². The maximum absolute atomic E-state index is 12.4. The quantitative estimate of drug-likeness (QED) is 0.843. The summed E-state index contributed by atoms with van der Waals surface area (Å²) in [4.78, 5) is 0.295. The number of nitriles is 1. The molecule has 1 heterocycles.